The summed E-state index contributed by atoms with van der Waals surface area (Å²) in [7, 11) is 0. The number of aromatic carboxylic acids is 1. The van der Waals surface area contributed by atoms with Crippen molar-refractivity contribution in [3.8, 4) is 12.3 Å². The topological polar surface area (TPSA) is 59.3 Å². The van der Waals surface area contributed by atoms with Crippen LogP contribution in [0.15, 0.2) is 17.1 Å². The van der Waals surface area contributed by atoms with Gasteiger partial charge in [0, 0.05) is 6.20 Å². The van der Waals surface area contributed by atoms with Crippen LogP contribution in [0.3, 0.4) is 0 Å². The van der Waals surface area contributed by atoms with E-state index < -0.39 is 45.3 Å². The van der Waals surface area contributed by atoms with Gasteiger partial charge < -0.3 is 9.67 Å². The van der Waals surface area contributed by atoms with Crippen LogP contribution < -0.4 is 5.43 Å². The molecule has 7 heteroatoms. The van der Waals surface area contributed by atoms with Crippen LogP contribution in [0.4, 0.5) is 13.2 Å². The van der Waals surface area contributed by atoms with Gasteiger partial charge in [0.05, 0.1) is 17.4 Å². The summed E-state index contributed by atoms with van der Waals surface area (Å²) in [6.07, 6.45) is 5.85. The molecule has 0 amide bonds. The molecule has 1 N–H and O–H groups in total. The molecule has 2 aromatic rings. The molecule has 20 heavy (non-hydrogen) atoms. The largest absolute Gasteiger partial charge is 0.477 e. The second kappa shape index (κ2) is 4.74. The van der Waals surface area contributed by atoms with Gasteiger partial charge in [-0.3, -0.25) is 4.79 Å². The van der Waals surface area contributed by atoms with Crippen molar-refractivity contribution >= 4 is 16.9 Å². The van der Waals surface area contributed by atoms with Crippen molar-refractivity contribution in [2.75, 3.05) is 0 Å². The fourth-order valence-corrected chi connectivity index (χ4v) is 1.84. The number of aromatic nitrogens is 1. The molecule has 102 valence electrons. The van der Waals surface area contributed by atoms with Gasteiger partial charge in [-0.05, 0) is 6.07 Å². The first-order valence-electron chi connectivity index (χ1n) is 5.26. The lowest BCUT2D eigenvalue weighted by molar-refractivity contribution is 0.0695. The molecule has 1 aromatic carbocycles. The van der Waals surface area contributed by atoms with Gasteiger partial charge in [-0.1, -0.05) is 5.92 Å². The highest BCUT2D eigenvalue weighted by molar-refractivity contribution is 5.92. The molecule has 4 nitrogen and oxygen atoms in total. The second-order valence-corrected chi connectivity index (χ2v) is 3.89. The number of carboxylic acids is 1. The molecule has 0 fully saturated rings. The third-order valence-corrected chi connectivity index (χ3v) is 2.69. The van der Waals surface area contributed by atoms with Gasteiger partial charge in [0.2, 0.25) is 5.43 Å². The first-order valence-corrected chi connectivity index (χ1v) is 5.26. The smallest absolute Gasteiger partial charge is 0.341 e. The van der Waals surface area contributed by atoms with E-state index in [-0.39, 0.29) is 6.54 Å². The number of fused-ring (bicyclic) bond motifs is 1. The zero-order valence-corrected chi connectivity index (χ0v) is 9.78. The first kappa shape index (κ1) is 13.7. The minimum atomic E-state index is -1.76. The Morgan fingerprint density at radius 3 is 2.55 bits per heavy atom. The van der Waals surface area contributed by atoms with Crippen molar-refractivity contribution in [1.82, 2.24) is 4.57 Å². The van der Waals surface area contributed by atoms with E-state index in [1.165, 1.54) is 0 Å². The average Bonchev–Trinajstić information content (AvgIpc) is 2.39. The van der Waals surface area contributed by atoms with E-state index in [0.29, 0.717) is 6.07 Å². The summed E-state index contributed by atoms with van der Waals surface area (Å²) >= 11 is 0. The Balaban J connectivity index is 3.07. The molecule has 0 unspecified atom stereocenters. The molecular formula is C13H6F3NO3. The minimum absolute atomic E-state index is 0.306. The maximum atomic E-state index is 13.8. The Morgan fingerprint density at radius 2 is 2.00 bits per heavy atom. The Bertz CT molecular complexity index is 834. The van der Waals surface area contributed by atoms with Crippen LogP contribution >= 0.6 is 0 Å². The molecule has 0 radical (unpaired) electrons. The van der Waals surface area contributed by atoms with E-state index in [9.17, 15) is 22.8 Å². The van der Waals surface area contributed by atoms with E-state index in [1.807, 2.05) is 0 Å². The molecule has 2 rings (SSSR count). The fourth-order valence-electron chi connectivity index (χ4n) is 1.84. The van der Waals surface area contributed by atoms with Crippen molar-refractivity contribution in [3.63, 3.8) is 0 Å². The van der Waals surface area contributed by atoms with Gasteiger partial charge in [0.1, 0.15) is 5.56 Å². The Kier molecular flexibility index (Phi) is 3.24. The lowest BCUT2D eigenvalue weighted by Crippen LogP contribution is -2.20. The van der Waals surface area contributed by atoms with Crippen LogP contribution in [0.25, 0.3) is 10.9 Å². The summed E-state index contributed by atoms with van der Waals surface area (Å²) in [5.41, 5.74) is -2.39. The van der Waals surface area contributed by atoms with E-state index in [4.69, 9.17) is 11.5 Å². The Labute approximate surface area is 110 Å². The minimum Gasteiger partial charge on any atom is -0.477 e. The maximum absolute atomic E-state index is 13.8. The molecule has 0 spiro atoms. The molecule has 1 heterocycles. The van der Waals surface area contributed by atoms with Crippen LogP contribution in [-0.2, 0) is 6.54 Å². The molecule has 0 saturated heterocycles. The molecule has 0 atom stereocenters. The third kappa shape index (κ3) is 1.91. The van der Waals surface area contributed by atoms with Crippen LogP contribution in [0.1, 0.15) is 10.4 Å². The van der Waals surface area contributed by atoms with E-state index in [2.05, 4.69) is 5.92 Å². The molecular weight excluding hydrogens is 275 g/mol. The van der Waals surface area contributed by atoms with Crippen LogP contribution in [-0.4, -0.2) is 15.6 Å². The van der Waals surface area contributed by atoms with Gasteiger partial charge in [0.25, 0.3) is 0 Å². The van der Waals surface area contributed by atoms with Crippen LogP contribution in [0.2, 0.25) is 0 Å². The Morgan fingerprint density at radius 1 is 1.35 bits per heavy atom. The van der Waals surface area contributed by atoms with Gasteiger partial charge in [-0.15, -0.1) is 6.42 Å². The molecule has 0 aliphatic heterocycles. The van der Waals surface area contributed by atoms with E-state index in [1.54, 1.807) is 0 Å². The van der Waals surface area contributed by atoms with Crippen LogP contribution in [0.5, 0.6) is 0 Å². The highest BCUT2D eigenvalue weighted by atomic mass is 19.2. The highest BCUT2D eigenvalue weighted by Crippen LogP contribution is 2.21. The number of carbonyl (C=O) groups is 1. The molecule has 0 aliphatic rings. The van der Waals surface area contributed by atoms with Gasteiger partial charge in [-0.25, -0.2) is 18.0 Å². The van der Waals surface area contributed by atoms with E-state index >= 15 is 0 Å². The van der Waals surface area contributed by atoms with Crippen molar-refractivity contribution < 1.29 is 23.1 Å². The number of carboxylic acid groups (broad SMARTS) is 1. The predicted octanol–water partition coefficient (Wildman–Crippen LogP) is 1.75. The van der Waals surface area contributed by atoms with Crippen LogP contribution in [0, 0.1) is 29.8 Å². The molecule has 0 bridgehead atoms. The lowest BCUT2D eigenvalue weighted by Gasteiger charge is -2.11. The predicted molar refractivity (Wildman–Crippen MR) is 63.9 cm³/mol. The summed E-state index contributed by atoms with van der Waals surface area (Å²) < 4.78 is 41.1. The monoisotopic (exact) mass is 281 g/mol. The van der Waals surface area contributed by atoms with Crippen molar-refractivity contribution in [1.29, 1.82) is 0 Å². The zero-order chi connectivity index (χ0) is 15.0. The first-order chi connectivity index (χ1) is 9.38. The van der Waals surface area contributed by atoms with Gasteiger partial charge >= 0.3 is 5.97 Å². The average molecular weight is 281 g/mol. The SMILES string of the molecule is C#CCn1cc(C(=O)O)c(=O)c2cc(F)c(F)c(F)c21. The quantitative estimate of drug-likeness (QED) is 0.674. The molecule has 0 aliphatic carbocycles. The second-order valence-electron chi connectivity index (χ2n) is 3.89. The number of benzene rings is 1. The third-order valence-electron chi connectivity index (χ3n) is 2.69. The zero-order valence-electron chi connectivity index (χ0n) is 9.78. The number of halogens is 3. The molecule has 1 aromatic heterocycles. The number of terminal acetylenes is 1. The number of hydrogen-bond donors (Lipinski definition) is 1. The summed E-state index contributed by atoms with van der Waals surface area (Å²) in [5.74, 6) is -4.40. The fraction of sp³-hybridized carbons (Fsp3) is 0.0769. The number of nitrogens with zero attached hydrogens (tertiary/aromatic N) is 1. The number of hydrogen-bond acceptors (Lipinski definition) is 2. The molecule has 0 saturated carbocycles. The standard InChI is InChI=1S/C13H6F3NO3/c1-2-3-17-5-7(13(19)20)12(18)6-4-8(14)9(15)10(16)11(6)17/h1,4-5H,3H2,(H,19,20). The maximum Gasteiger partial charge on any atom is 0.341 e. The lowest BCUT2D eigenvalue weighted by atomic mass is 10.1. The van der Waals surface area contributed by atoms with Crippen molar-refractivity contribution in [2.24, 2.45) is 0 Å². The summed E-state index contributed by atoms with van der Waals surface area (Å²) in [6, 6.07) is 0.454. The summed E-state index contributed by atoms with van der Waals surface area (Å²) in [5, 5.41) is 8.30. The summed E-state index contributed by atoms with van der Waals surface area (Å²) in [6.45, 7) is -0.306. The highest BCUT2D eigenvalue weighted by Gasteiger charge is 2.21. The van der Waals surface area contributed by atoms with Gasteiger partial charge in [0.15, 0.2) is 17.5 Å². The van der Waals surface area contributed by atoms with E-state index in [0.717, 1.165) is 10.8 Å². The normalized spacial score (nSPS) is 10.5. The Hall–Kier alpha value is -2.75. The van der Waals surface area contributed by atoms with Gasteiger partial charge in [-0.2, -0.15) is 0 Å². The number of rotatable bonds is 2. The summed E-state index contributed by atoms with van der Waals surface area (Å²) in [4.78, 5) is 22.8. The van der Waals surface area contributed by atoms with Crippen molar-refractivity contribution in [3.05, 3.63) is 45.5 Å². The number of pyridine rings is 1. The van der Waals surface area contributed by atoms with Crippen molar-refractivity contribution in [2.45, 2.75) is 6.54 Å².